The molecule has 0 radical (unpaired) electrons. The van der Waals surface area contributed by atoms with Gasteiger partial charge in [0, 0.05) is 58.8 Å². The minimum atomic E-state index is -0.928. The van der Waals surface area contributed by atoms with Crippen molar-refractivity contribution in [3.05, 3.63) is 0 Å². The molecule has 21 heavy (non-hydrogen) atoms. The van der Waals surface area contributed by atoms with E-state index in [2.05, 4.69) is 16.0 Å². The average molecular weight is 301 g/mol. The largest absolute Gasteiger partial charge is 0.481 e. The Hall–Kier alpha value is -1.22. The molecule has 1 heterocycles. The first-order chi connectivity index (χ1) is 10.1. The average Bonchev–Trinajstić information content (AvgIpc) is 2.44. The number of carboxylic acid groups (broad SMARTS) is 1. The highest BCUT2D eigenvalue weighted by Gasteiger charge is 2.21. The summed E-state index contributed by atoms with van der Waals surface area (Å²) < 4.78 is 0. The fourth-order valence-electron chi connectivity index (χ4n) is 2.13. The molecule has 0 aromatic heterocycles. The zero-order chi connectivity index (χ0) is 15.5. The minimum absolute atomic E-state index is 0.0804. The molecule has 1 atom stereocenters. The summed E-state index contributed by atoms with van der Waals surface area (Å²) in [5.41, 5.74) is 5.81. The molecule has 1 fully saturated rings. The summed E-state index contributed by atoms with van der Waals surface area (Å²) in [5, 5.41) is 18.5. The molecule has 0 bridgehead atoms. The van der Waals surface area contributed by atoms with Crippen LogP contribution in [0.15, 0.2) is 0 Å². The normalized spacial score (nSPS) is 20.1. The van der Waals surface area contributed by atoms with Crippen molar-refractivity contribution in [1.29, 1.82) is 0 Å². The molecule has 8 heteroatoms. The first-order valence-corrected chi connectivity index (χ1v) is 7.49. The van der Waals surface area contributed by atoms with Crippen LogP contribution in [0.3, 0.4) is 0 Å². The van der Waals surface area contributed by atoms with Gasteiger partial charge in [-0.3, -0.25) is 9.59 Å². The van der Waals surface area contributed by atoms with E-state index >= 15 is 0 Å². The monoisotopic (exact) mass is 301 g/mol. The van der Waals surface area contributed by atoms with Crippen molar-refractivity contribution in [3.63, 3.8) is 0 Å². The predicted molar refractivity (Wildman–Crippen MR) is 80.0 cm³/mol. The number of nitrogens with two attached hydrogens (primary N) is 1. The summed E-state index contributed by atoms with van der Waals surface area (Å²) >= 11 is 0. The maximum atomic E-state index is 12.3. The van der Waals surface area contributed by atoms with E-state index in [0.29, 0.717) is 26.2 Å². The molecule has 0 spiro atoms. The molecule has 8 nitrogen and oxygen atoms in total. The van der Waals surface area contributed by atoms with Gasteiger partial charge in [0.15, 0.2) is 0 Å². The highest BCUT2D eigenvalue weighted by molar-refractivity contribution is 5.82. The quantitative estimate of drug-likeness (QED) is 0.399. The van der Waals surface area contributed by atoms with Crippen LogP contribution < -0.4 is 21.7 Å². The third-order valence-electron chi connectivity index (χ3n) is 3.37. The third kappa shape index (κ3) is 7.96. The number of carbonyl (C=O) groups is 2. The van der Waals surface area contributed by atoms with Gasteiger partial charge in [0.05, 0.1) is 6.04 Å². The number of amides is 1. The van der Waals surface area contributed by atoms with Crippen LogP contribution in [0.4, 0.5) is 0 Å². The zero-order valence-electron chi connectivity index (χ0n) is 12.4. The van der Waals surface area contributed by atoms with Crippen molar-refractivity contribution in [3.8, 4) is 0 Å². The van der Waals surface area contributed by atoms with Crippen molar-refractivity contribution in [2.45, 2.75) is 18.9 Å². The molecule has 0 aromatic rings. The second-order valence-corrected chi connectivity index (χ2v) is 5.11. The first kappa shape index (κ1) is 17.8. The third-order valence-corrected chi connectivity index (χ3v) is 3.37. The van der Waals surface area contributed by atoms with Gasteiger partial charge < -0.3 is 31.7 Å². The molecule has 0 unspecified atom stereocenters. The van der Waals surface area contributed by atoms with Gasteiger partial charge >= 0.3 is 5.97 Å². The number of nitrogens with zero attached hydrogens (tertiary/aromatic N) is 1. The zero-order valence-corrected chi connectivity index (χ0v) is 12.4. The van der Waals surface area contributed by atoms with E-state index in [-0.39, 0.29) is 18.7 Å². The summed E-state index contributed by atoms with van der Waals surface area (Å²) in [7, 11) is 0. The lowest BCUT2D eigenvalue weighted by molar-refractivity contribution is -0.137. The van der Waals surface area contributed by atoms with Crippen LogP contribution >= 0.6 is 0 Å². The number of hydrogen-bond acceptors (Lipinski definition) is 6. The Kier molecular flexibility index (Phi) is 8.91. The van der Waals surface area contributed by atoms with E-state index in [9.17, 15) is 9.59 Å². The predicted octanol–water partition coefficient (Wildman–Crippen LogP) is -2.21. The molecule has 0 saturated carbocycles. The molecule has 1 aliphatic rings. The molecule has 1 saturated heterocycles. The fourth-order valence-corrected chi connectivity index (χ4v) is 2.13. The maximum Gasteiger partial charge on any atom is 0.303 e. The molecule has 0 aromatic carbocycles. The second-order valence-electron chi connectivity index (χ2n) is 5.11. The lowest BCUT2D eigenvalue weighted by Gasteiger charge is -2.26. The molecule has 6 N–H and O–H groups in total. The number of carboxylic acids is 1. The molecular weight excluding hydrogens is 274 g/mol. The number of hydrogen-bond donors (Lipinski definition) is 5. The standard InChI is InChI=1S/C13H27N5O3/c14-11(1-2-12(19)20)13(21)18-9-7-16-5-3-15-4-6-17-8-10-18/h11,15-17H,1-10,14H2,(H,19,20)/t11-/m0/s1. The number of carbonyl (C=O) groups excluding carboxylic acids is 1. The minimum Gasteiger partial charge on any atom is -0.481 e. The van der Waals surface area contributed by atoms with Gasteiger partial charge in [-0.25, -0.2) is 0 Å². The SMILES string of the molecule is N[C@@H](CCC(=O)O)C(=O)N1CCNCCNCCNCC1. The number of nitrogens with one attached hydrogen (secondary N) is 3. The van der Waals surface area contributed by atoms with Gasteiger partial charge in [0.2, 0.25) is 5.91 Å². The van der Waals surface area contributed by atoms with E-state index in [0.717, 1.165) is 26.2 Å². The second kappa shape index (κ2) is 10.5. The van der Waals surface area contributed by atoms with Gasteiger partial charge in [-0.2, -0.15) is 0 Å². The van der Waals surface area contributed by atoms with E-state index < -0.39 is 12.0 Å². The lowest BCUT2D eigenvalue weighted by atomic mass is 10.1. The maximum absolute atomic E-state index is 12.3. The van der Waals surface area contributed by atoms with Crippen molar-refractivity contribution in [1.82, 2.24) is 20.9 Å². The van der Waals surface area contributed by atoms with E-state index in [1.807, 2.05) is 0 Å². The summed E-state index contributed by atoms with van der Waals surface area (Å²) in [5.74, 6) is -1.10. The highest BCUT2D eigenvalue weighted by Crippen LogP contribution is 2.00. The topological polar surface area (TPSA) is 120 Å². The Morgan fingerprint density at radius 3 is 1.95 bits per heavy atom. The van der Waals surface area contributed by atoms with Crippen LogP contribution in [0.1, 0.15) is 12.8 Å². The van der Waals surface area contributed by atoms with E-state index in [4.69, 9.17) is 10.8 Å². The van der Waals surface area contributed by atoms with Crippen molar-refractivity contribution < 1.29 is 14.7 Å². The fraction of sp³-hybridized carbons (Fsp3) is 0.846. The van der Waals surface area contributed by atoms with Gasteiger partial charge in [-0.15, -0.1) is 0 Å². The van der Waals surface area contributed by atoms with E-state index in [1.165, 1.54) is 0 Å². The lowest BCUT2D eigenvalue weighted by Crippen LogP contribution is -2.49. The summed E-state index contributed by atoms with van der Waals surface area (Å²) in [6.45, 7) is 6.09. The molecule has 1 rings (SSSR count). The van der Waals surface area contributed by atoms with Crippen LogP contribution in [0, 0.1) is 0 Å². The molecular formula is C13H27N5O3. The van der Waals surface area contributed by atoms with Gasteiger partial charge in [0.25, 0.3) is 0 Å². The van der Waals surface area contributed by atoms with Crippen LogP contribution in [0.2, 0.25) is 0 Å². The smallest absolute Gasteiger partial charge is 0.303 e. The Balaban J connectivity index is 2.45. The van der Waals surface area contributed by atoms with Crippen LogP contribution in [-0.4, -0.2) is 80.3 Å². The van der Waals surface area contributed by atoms with Crippen LogP contribution in [-0.2, 0) is 9.59 Å². The Labute approximate surface area is 125 Å². The molecule has 122 valence electrons. The van der Waals surface area contributed by atoms with Crippen molar-refractivity contribution in [2.24, 2.45) is 5.73 Å². The number of aliphatic carboxylic acids is 1. The Morgan fingerprint density at radius 1 is 1.00 bits per heavy atom. The molecule has 0 aliphatic carbocycles. The first-order valence-electron chi connectivity index (χ1n) is 7.49. The van der Waals surface area contributed by atoms with Crippen molar-refractivity contribution >= 4 is 11.9 Å². The summed E-state index contributed by atoms with van der Waals surface area (Å²) in [4.78, 5) is 24.5. The van der Waals surface area contributed by atoms with Crippen LogP contribution in [0.25, 0.3) is 0 Å². The van der Waals surface area contributed by atoms with E-state index in [1.54, 1.807) is 4.90 Å². The van der Waals surface area contributed by atoms with Gasteiger partial charge in [-0.1, -0.05) is 0 Å². The molecule has 1 amide bonds. The van der Waals surface area contributed by atoms with Crippen LogP contribution in [0.5, 0.6) is 0 Å². The van der Waals surface area contributed by atoms with Crippen molar-refractivity contribution in [2.75, 3.05) is 52.4 Å². The van der Waals surface area contributed by atoms with Gasteiger partial charge in [-0.05, 0) is 6.42 Å². The van der Waals surface area contributed by atoms with Gasteiger partial charge in [0.1, 0.15) is 0 Å². The Bertz CT molecular complexity index is 315. The highest BCUT2D eigenvalue weighted by atomic mass is 16.4. The Morgan fingerprint density at radius 2 is 1.48 bits per heavy atom. The summed E-state index contributed by atoms with van der Waals surface area (Å²) in [6, 6.07) is -0.740. The summed E-state index contributed by atoms with van der Waals surface area (Å²) in [6.07, 6.45) is 0.0956. The molecule has 1 aliphatic heterocycles. The number of rotatable bonds is 4.